The van der Waals surface area contributed by atoms with Crippen LogP contribution in [0.5, 0.6) is 0 Å². The van der Waals surface area contributed by atoms with E-state index in [0.29, 0.717) is 23.1 Å². The lowest BCUT2D eigenvalue weighted by Crippen LogP contribution is -2.34. The normalized spacial score (nSPS) is 11.6. The summed E-state index contributed by atoms with van der Waals surface area (Å²) in [5.41, 5.74) is 2.36. The molecule has 3 rings (SSSR count). The van der Waals surface area contributed by atoms with Crippen LogP contribution in [0, 0.1) is 11.3 Å². The molecule has 2 heterocycles. The van der Waals surface area contributed by atoms with Crippen LogP contribution in [0.3, 0.4) is 0 Å². The highest BCUT2D eigenvalue weighted by Crippen LogP contribution is 2.32. The van der Waals surface area contributed by atoms with Crippen LogP contribution >= 0.6 is 11.3 Å². The summed E-state index contributed by atoms with van der Waals surface area (Å²) >= 11 is 1.36. The van der Waals surface area contributed by atoms with Crippen LogP contribution in [0.15, 0.2) is 39.2 Å². The lowest BCUT2D eigenvalue weighted by molar-refractivity contribution is 0.590. The van der Waals surface area contributed by atoms with Gasteiger partial charge in [-0.05, 0) is 23.0 Å². The van der Waals surface area contributed by atoms with E-state index in [1.807, 2.05) is 23.6 Å². The number of nitrogens with one attached hydrogen (secondary N) is 1. The average Bonchev–Trinajstić information content (AvgIpc) is 3.01. The summed E-state index contributed by atoms with van der Waals surface area (Å²) in [5.74, 6) is 0. The van der Waals surface area contributed by atoms with Gasteiger partial charge >= 0.3 is 5.69 Å². The number of fused-ring (bicyclic) bond motifs is 1. The Morgan fingerprint density at radius 1 is 1.19 bits per heavy atom. The largest absolute Gasteiger partial charge is 0.329 e. The van der Waals surface area contributed by atoms with Gasteiger partial charge in [-0.15, -0.1) is 11.3 Å². The first-order valence-corrected chi connectivity index (χ1v) is 9.43. The van der Waals surface area contributed by atoms with Crippen molar-refractivity contribution in [2.75, 3.05) is 0 Å². The number of hydrogen-bond donors (Lipinski definition) is 1. The van der Waals surface area contributed by atoms with Crippen molar-refractivity contribution in [2.45, 2.75) is 45.6 Å². The summed E-state index contributed by atoms with van der Waals surface area (Å²) < 4.78 is 1.19. The van der Waals surface area contributed by atoms with Crippen LogP contribution in [0.2, 0.25) is 0 Å². The van der Waals surface area contributed by atoms with Crippen LogP contribution in [0.4, 0.5) is 0 Å². The highest BCUT2D eigenvalue weighted by Gasteiger charge is 2.17. The number of aromatic nitrogens is 2. The molecule has 0 aliphatic rings. The Hall–Kier alpha value is -2.65. The molecular weight excluding hydrogens is 346 g/mol. The number of thiophene rings is 1. The van der Waals surface area contributed by atoms with E-state index in [-0.39, 0.29) is 17.5 Å². The van der Waals surface area contributed by atoms with Gasteiger partial charge in [-0.2, -0.15) is 5.26 Å². The molecule has 26 heavy (non-hydrogen) atoms. The molecule has 0 aliphatic heterocycles. The van der Waals surface area contributed by atoms with E-state index in [1.165, 1.54) is 21.5 Å². The standard InChI is InChI=1S/C20H21N3O2S/c1-20(2,3)14-8-6-13(7-9-14)15-12-26-17-16(15)18(24)23(19(25)22-17)11-5-4-10-21/h6-9,12H,4-5,11H2,1-3H3,(H,22,25). The Morgan fingerprint density at radius 2 is 1.88 bits per heavy atom. The fraction of sp³-hybridized carbons (Fsp3) is 0.350. The van der Waals surface area contributed by atoms with Gasteiger partial charge in [0.1, 0.15) is 4.83 Å². The van der Waals surface area contributed by atoms with Gasteiger partial charge in [0.15, 0.2) is 0 Å². The lowest BCUT2D eigenvalue weighted by Gasteiger charge is -2.19. The van der Waals surface area contributed by atoms with Gasteiger partial charge in [0.2, 0.25) is 0 Å². The molecule has 0 fully saturated rings. The third kappa shape index (κ3) is 3.35. The van der Waals surface area contributed by atoms with E-state index in [4.69, 9.17) is 5.26 Å². The second kappa shape index (κ2) is 6.93. The fourth-order valence-corrected chi connectivity index (χ4v) is 3.89. The van der Waals surface area contributed by atoms with Crippen molar-refractivity contribution in [3.8, 4) is 17.2 Å². The van der Waals surface area contributed by atoms with Crippen molar-refractivity contribution in [3.63, 3.8) is 0 Å². The van der Waals surface area contributed by atoms with Gasteiger partial charge in [-0.1, -0.05) is 45.0 Å². The first-order valence-electron chi connectivity index (χ1n) is 8.55. The van der Waals surface area contributed by atoms with Crippen LogP contribution in [-0.4, -0.2) is 9.55 Å². The molecule has 6 heteroatoms. The monoisotopic (exact) mass is 367 g/mol. The number of nitrogens with zero attached hydrogens (tertiary/aromatic N) is 2. The zero-order chi connectivity index (χ0) is 18.9. The Labute approximate surface area is 155 Å². The molecule has 1 aromatic carbocycles. The SMILES string of the molecule is CC(C)(C)c1ccc(-c2csc3[nH]c(=O)n(CCCC#N)c(=O)c23)cc1. The predicted octanol–water partition coefficient (Wildman–Crippen LogP) is 4.02. The van der Waals surface area contributed by atoms with Crippen molar-refractivity contribution in [3.05, 3.63) is 56.0 Å². The molecule has 1 N–H and O–H groups in total. The Balaban J connectivity index is 2.10. The zero-order valence-electron chi connectivity index (χ0n) is 15.1. The summed E-state index contributed by atoms with van der Waals surface area (Å²) in [5, 5.41) is 11.1. The summed E-state index contributed by atoms with van der Waals surface area (Å²) in [4.78, 5) is 28.5. The smallest absolute Gasteiger partial charge is 0.298 e. The van der Waals surface area contributed by atoms with Crippen molar-refractivity contribution < 1.29 is 0 Å². The number of H-pyrrole nitrogens is 1. The van der Waals surface area contributed by atoms with Gasteiger partial charge < -0.3 is 0 Å². The van der Waals surface area contributed by atoms with Crippen LogP contribution in [0.25, 0.3) is 21.3 Å². The molecule has 0 amide bonds. The first-order chi connectivity index (χ1) is 12.3. The molecule has 0 aliphatic carbocycles. The van der Waals surface area contributed by atoms with E-state index in [0.717, 1.165) is 11.1 Å². The second-order valence-electron chi connectivity index (χ2n) is 7.33. The molecule has 3 aromatic rings. The zero-order valence-corrected chi connectivity index (χ0v) is 15.9. The minimum atomic E-state index is -0.420. The summed E-state index contributed by atoms with van der Waals surface area (Å²) in [6, 6.07) is 10.2. The maximum atomic E-state index is 12.9. The van der Waals surface area contributed by atoms with Crippen molar-refractivity contribution in [1.29, 1.82) is 5.26 Å². The molecule has 0 atom stereocenters. The van der Waals surface area contributed by atoms with Crippen LogP contribution in [-0.2, 0) is 12.0 Å². The summed E-state index contributed by atoms with van der Waals surface area (Å²) in [7, 11) is 0. The molecule has 0 bridgehead atoms. The fourth-order valence-electron chi connectivity index (χ4n) is 2.94. The maximum absolute atomic E-state index is 12.9. The van der Waals surface area contributed by atoms with Gasteiger partial charge in [-0.25, -0.2) is 4.79 Å². The number of unbranched alkanes of at least 4 members (excludes halogenated alkanes) is 1. The number of benzene rings is 1. The lowest BCUT2D eigenvalue weighted by atomic mass is 9.86. The highest BCUT2D eigenvalue weighted by molar-refractivity contribution is 7.17. The molecule has 5 nitrogen and oxygen atoms in total. The van der Waals surface area contributed by atoms with E-state index >= 15 is 0 Å². The highest BCUT2D eigenvalue weighted by atomic mass is 32.1. The summed E-state index contributed by atoms with van der Waals surface area (Å²) in [6.07, 6.45) is 0.791. The number of hydrogen-bond acceptors (Lipinski definition) is 4. The van der Waals surface area contributed by atoms with Crippen LogP contribution in [0.1, 0.15) is 39.2 Å². The quantitative estimate of drug-likeness (QED) is 0.707. The first kappa shape index (κ1) is 18.2. The average molecular weight is 367 g/mol. The molecule has 2 aromatic heterocycles. The Morgan fingerprint density at radius 3 is 2.50 bits per heavy atom. The topological polar surface area (TPSA) is 78.7 Å². The van der Waals surface area contributed by atoms with Gasteiger partial charge in [-0.3, -0.25) is 14.3 Å². The van der Waals surface area contributed by atoms with Gasteiger partial charge in [0.25, 0.3) is 5.56 Å². The van der Waals surface area contributed by atoms with Crippen molar-refractivity contribution in [2.24, 2.45) is 0 Å². The van der Waals surface area contributed by atoms with E-state index in [1.54, 1.807) is 0 Å². The molecule has 134 valence electrons. The minimum Gasteiger partial charge on any atom is -0.298 e. The Kier molecular flexibility index (Phi) is 4.84. The number of rotatable bonds is 4. The molecule has 0 spiro atoms. The van der Waals surface area contributed by atoms with E-state index in [9.17, 15) is 9.59 Å². The molecule has 0 saturated carbocycles. The second-order valence-corrected chi connectivity index (χ2v) is 8.21. The van der Waals surface area contributed by atoms with Crippen molar-refractivity contribution >= 4 is 21.6 Å². The minimum absolute atomic E-state index is 0.0634. The van der Waals surface area contributed by atoms with Gasteiger partial charge in [0, 0.05) is 23.9 Å². The maximum Gasteiger partial charge on any atom is 0.329 e. The summed E-state index contributed by atoms with van der Waals surface area (Å²) in [6.45, 7) is 6.72. The van der Waals surface area contributed by atoms with Crippen molar-refractivity contribution in [1.82, 2.24) is 9.55 Å². The predicted molar refractivity (Wildman–Crippen MR) is 106 cm³/mol. The third-order valence-corrected chi connectivity index (χ3v) is 5.34. The molecular formula is C20H21N3O2S. The number of nitriles is 1. The molecule has 0 saturated heterocycles. The number of aromatic amines is 1. The third-order valence-electron chi connectivity index (χ3n) is 4.45. The Bertz CT molecular complexity index is 1090. The van der Waals surface area contributed by atoms with E-state index in [2.05, 4.69) is 37.9 Å². The van der Waals surface area contributed by atoms with Gasteiger partial charge in [0.05, 0.1) is 11.5 Å². The molecule has 0 unspecified atom stereocenters. The van der Waals surface area contributed by atoms with Crippen LogP contribution < -0.4 is 11.2 Å². The van der Waals surface area contributed by atoms with E-state index < -0.39 is 5.69 Å². The molecule has 0 radical (unpaired) electrons.